The van der Waals surface area contributed by atoms with Crippen molar-refractivity contribution in [2.75, 3.05) is 25.1 Å². The Morgan fingerprint density at radius 3 is 2.68 bits per heavy atom. The van der Waals surface area contributed by atoms with E-state index in [-0.39, 0.29) is 12.0 Å². The van der Waals surface area contributed by atoms with Crippen LogP contribution >= 0.6 is 12.2 Å². The number of ether oxygens (including phenoxy) is 2. The summed E-state index contributed by atoms with van der Waals surface area (Å²) in [5.74, 6) is 0.349. The van der Waals surface area contributed by atoms with Crippen molar-refractivity contribution in [2.24, 2.45) is 0 Å². The van der Waals surface area contributed by atoms with Crippen LogP contribution in [0.15, 0.2) is 18.3 Å². The van der Waals surface area contributed by atoms with Crippen molar-refractivity contribution < 1.29 is 14.6 Å². The van der Waals surface area contributed by atoms with Gasteiger partial charge in [0.2, 0.25) is 0 Å². The fourth-order valence-corrected chi connectivity index (χ4v) is 1.54. The Morgan fingerprint density at radius 2 is 2.11 bits per heavy atom. The van der Waals surface area contributed by atoms with Gasteiger partial charge in [0.05, 0.1) is 6.54 Å². The smallest absolute Gasteiger partial charge is 0.174 e. The van der Waals surface area contributed by atoms with E-state index in [0.717, 1.165) is 0 Å². The Balaban J connectivity index is 2.40. The SMILES string of the molecule is CCOC(CNC(=S)Nc1ncccc1O)OCC. The Kier molecular flexibility index (Phi) is 7.09. The van der Waals surface area contributed by atoms with Crippen LogP contribution in [0.4, 0.5) is 5.82 Å². The van der Waals surface area contributed by atoms with E-state index in [1.807, 2.05) is 13.8 Å². The summed E-state index contributed by atoms with van der Waals surface area (Å²) in [6, 6.07) is 3.17. The Bertz CT molecular complexity index is 398. The zero-order valence-corrected chi connectivity index (χ0v) is 11.9. The van der Waals surface area contributed by atoms with E-state index in [4.69, 9.17) is 21.7 Å². The summed E-state index contributed by atoms with van der Waals surface area (Å²) in [6.07, 6.45) is 1.21. The second-order valence-corrected chi connectivity index (χ2v) is 3.95. The predicted octanol–water partition coefficient (Wildman–Crippen LogP) is 1.47. The summed E-state index contributed by atoms with van der Waals surface area (Å²) in [7, 11) is 0. The molecule has 0 aliphatic rings. The molecule has 1 aromatic heterocycles. The average molecular weight is 285 g/mol. The predicted molar refractivity (Wildman–Crippen MR) is 77.2 cm³/mol. The van der Waals surface area contributed by atoms with Gasteiger partial charge in [-0.3, -0.25) is 0 Å². The number of pyridine rings is 1. The molecule has 0 spiro atoms. The molecule has 0 aliphatic carbocycles. The molecule has 0 fully saturated rings. The monoisotopic (exact) mass is 285 g/mol. The number of aromatic nitrogens is 1. The van der Waals surface area contributed by atoms with Crippen molar-refractivity contribution in [3.63, 3.8) is 0 Å². The number of hydrogen-bond donors (Lipinski definition) is 3. The average Bonchev–Trinajstić information content (AvgIpc) is 2.39. The molecule has 3 N–H and O–H groups in total. The molecule has 0 saturated heterocycles. The molecule has 106 valence electrons. The van der Waals surface area contributed by atoms with Gasteiger partial charge in [-0.25, -0.2) is 4.98 Å². The first-order valence-electron chi connectivity index (χ1n) is 6.09. The van der Waals surface area contributed by atoms with E-state index in [0.29, 0.717) is 30.7 Å². The number of anilines is 1. The number of rotatable bonds is 7. The highest BCUT2D eigenvalue weighted by atomic mass is 32.1. The molecular formula is C12H19N3O3S. The van der Waals surface area contributed by atoms with Crippen molar-refractivity contribution in [3.05, 3.63) is 18.3 Å². The van der Waals surface area contributed by atoms with Crippen molar-refractivity contribution in [1.82, 2.24) is 10.3 Å². The fraction of sp³-hybridized carbons (Fsp3) is 0.500. The minimum absolute atomic E-state index is 0.0396. The van der Waals surface area contributed by atoms with Crippen molar-refractivity contribution >= 4 is 23.1 Å². The van der Waals surface area contributed by atoms with Gasteiger partial charge < -0.3 is 25.2 Å². The minimum Gasteiger partial charge on any atom is -0.504 e. The van der Waals surface area contributed by atoms with E-state index in [1.54, 1.807) is 12.3 Å². The maximum atomic E-state index is 9.54. The van der Waals surface area contributed by atoms with E-state index < -0.39 is 0 Å². The molecule has 7 heteroatoms. The highest BCUT2D eigenvalue weighted by Crippen LogP contribution is 2.17. The second kappa shape index (κ2) is 8.63. The molecule has 0 aliphatic heterocycles. The minimum atomic E-state index is -0.355. The quantitative estimate of drug-likeness (QED) is 0.517. The molecule has 1 heterocycles. The highest BCUT2D eigenvalue weighted by Gasteiger charge is 2.09. The van der Waals surface area contributed by atoms with Gasteiger partial charge in [-0.1, -0.05) is 0 Å². The van der Waals surface area contributed by atoms with Gasteiger partial charge in [0.15, 0.2) is 23.0 Å². The lowest BCUT2D eigenvalue weighted by atomic mass is 10.4. The Morgan fingerprint density at radius 1 is 1.42 bits per heavy atom. The summed E-state index contributed by atoms with van der Waals surface area (Å²) in [5, 5.41) is 15.6. The molecule has 0 unspecified atom stereocenters. The second-order valence-electron chi connectivity index (χ2n) is 3.55. The number of nitrogens with zero attached hydrogens (tertiary/aromatic N) is 1. The molecule has 6 nitrogen and oxygen atoms in total. The largest absolute Gasteiger partial charge is 0.504 e. The third kappa shape index (κ3) is 5.82. The van der Waals surface area contributed by atoms with Crippen LogP contribution in [0.2, 0.25) is 0 Å². The van der Waals surface area contributed by atoms with Gasteiger partial charge in [-0.05, 0) is 38.2 Å². The van der Waals surface area contributed by atoms with Crippen LogP contribution in [0.3, 0.4) is 0 Å². The molecule has 0 atom stereocenters. The summed E-state index contributed by atoms with van der Waals surface area (Å²) in [4.78, 5) is 3.97. The van der Waals surface area contributed by atoms with Gasteiger partial charge in [-0.15, -0.1) is 0 Å². The fourth-order valence-electron chi connectivity index (χ4n) is 1.36. The first-order chi connectivity index (χ1) is 9.17. The van der Waals surface area contributed by atoms with Crippen LogP contribution in [0.1, 0.15) is 13.8 Å². The Hall–Kier alpha value is -1.44. The van der Waals surface area contributed by atoms with Crippen LogP contribution in [0.25, 0.3) is 0 Å². The maximum Gasteiger partial charge on any atom is 0.174 e. The van der Waals surface area contributed by atoms with Gasteiger partial charge in [-0.2, -0.15) is 0 Å². The summed E-state index contributed by atoms with van der Waals surface area (Å²) in [5.41, 5.74) is 0. The van der Waals surface area contributed by atoms with Gasteiger partial charge in [0, 0.05) is 19.4 Å². The van der Waals surface area contributed by atoms with Gasteiger partial charge >= 0.3 is 0 Å². The van der Waals surface area contributed by atoms with Crippen molar-refractivity contribution in [3.8, 4) is 5.75 Å². The third-order valence-electron chi connectivity index (χ3n) is 2.15. The first-order valence-corrected chi connectivity index (χ1v) is 6.50. The maximum absolute atomic E-state index is 9.54. The highest BCUT2D eigenvalue weighted by molar-refractivity contribution is 7.80. The topological polar surface area (TPSA) is 75.6 Å². The molecule has 1 rings (SSSR count). The summed E-state index contributed by atoms with van der Waals surface area (Å²) in [6.45, 7) is 5.34. The van der Waals surface area contributed by atoms with Gasteiger partial charge in [0.25, 0.3) is 0 Å². The molecule has 19 heavy (non-hydrogen) atoms. The van der Waals surface area contributed by atoms with Crippen LogP contribution in [0.5, 0.6) is 5.75 Å². The first kappa shape index (κ1) is 15.6. The molecule has 0 aromatic carbocycles. The standard InChI is InChI=1S/C12H19N3O3S/c1-3-17-10(18-4-2)8-14-12(19)15-11-9(16)6-5-7-13-11/h5-7,10,16H,3-4,8H2,1-2H3,(H2,13,14,15,19). The van der Waals surface area contributed by atoms with Crippen molar-refractivity contribution in [1.29, 1.82) is 0 Å². The number of hydrogen-bond acceptors (Lipinski definition) is 5. The van der Waals surface area contributed by atoms with Crippen molar-refractivity contribution in [2.45, 2.75) is 20.1 Å². The molecule has 0 bridgehead atoms. The number of aromatic hydroxyl groups is 1. The zero-order chi connectivity index (χ0) is 14.1. The number of thiocarbonyl (C=S) groups is 1. The van der Waals surface area contributed by atoms with Crippen LogP contribution in [-0.2, 0) is 9.47 Å². The molecule has 0 amide bonds. The van der Waals surface area contributed by atoms with Crippen LogP contribution in [0, 0.1) is 0 Å². The van der Waals surface area contributed by atoms with Crippen LogP contribution in [-0.4, -0.2) is 41.3 Å². The lowest BCUT2D eigenvalue weighted by Gasteiger charge is -2.18. The van der Waals surface area contributed by atoms with Crippen LogP contribution < -0.4 is 10.6 Å². The summed E-state index contributed by atoms with van der Waals surface area (Å²) >= 11 is 5.10. The lowest BCUT2D eigenvalue weighted by Crippen LogP contribution is -2.37. The van der Waals surface area contributed by atoms with E-state index in [2.05, 4.69) is 15.6 Å². The van der Waals surface area contributed by atoms with E-state index in [9.17, 15) is 5.11 Å². The summed E-state index contributed by atoms with van der Waals surface area (Å²) < 4.78 is 10.7. The van der Waals surface area contributed by atoms with Gasteiger partial charge in [0.1, 0.15) is 0 Å². The Labute approximate surface area is 118 Å². The normalized spacial score (nSPS) is 10.5. The number of nitrogens with one attached hydrogen (secondary N) is 2. The molecule has 0 saturated carbocycles. The lowest BCUT2D eigenvalue weighted by molar-refractivity contribution is -0.130. The molecular weight excluding hydrogens is 266 g/mol. The molecule has 0 radical (unpaired) electrons. The van der Waals surface area contributed by atoms with E-state index in [1.165, 1.54) is 6.07 Å². The zero-order valence-electron chi connectivity index (χ0n) is 11.0. The molecule has 1 aromatic rings. The third-order valence-corrected chi connectivity index (χ3v) is 2.40. The van der Waals surface area contributed by atoms with E-state index >= 15 is 0 Å².